The summed E-state index contributed by atoms with van der Waals surface area (Å²) in [7, 11) is 0. The number of carbonyl (C=O) groups excluding carboxylic acids is 1. The molecule has 0 saturated carbocycles. The molecule has 0 unspecified atom stereocenters. The highest BCUT2D eigenvalue weighted by atomic mass is 16.3. The zero-order valence-corrected chi connectivity index (χ0v) is 12.2. The molecule has 0 saturated heterocycles. The molecule has 0 radical (unpaired) electrons. The molecule has 1 aliphatic rings. The van der Waals surface area contributed by atoms with Crippen LogP contribution in [0.1, 0.15) is 28.6 Å². The van der Waals surface area contributed by atoms with Crippen LogP contribution in [0.5, 0.6) is 0 Å². The van der Waals surface area contributed by atoms with Crippen molar-refractivity contribution in [2.45, 2.75) is 39.0 Å². The van der Waals surface area contributed by atoms with Crippen LogP contribution in [0.25, 0.3) is 0 Å². The van der Waals surface area contributed by atoms with Gasteiger partial charge in [0.15, 0.2) is 0 Å². The molecule has 1 aliphatic carbocycles. The van der Waals surface area contributed by atoms with Crippen molar-refractivity contribution in [3.8, 4) is 0 Å². The highest BCUT2D eigenvalue weighted by Crippen LogP contribution is 2.31. The minimum absolute atomic E-state index is 0.137. The summed E-state index contributed by atoms with van der Waals surface area (Å²) in [6.45, 7) is 4.00. The van der Waals surface area contributed by atoms with Crippen LogP contribution in [0.15, 0.2) is 30.3 Å². The smallest absolute Gasteiger partial charge is 0.242 e. The van der Waals surface area contributed by atoms with Crippen molar-refractivity contribution in [2.24, 2.45) is 0 Å². The summed E-state index contributed by atoms with van der Waals surface area (Å²) < 4.78 is 1.68. The van der Waals surface area contributed by atoms with Crippen LogP contribution in [-0.2, 0) is 17.8 Å². The van der Waals surface area contributed by atoms with Gasteiger partial charge in [-0.2, -0.15) is 5.10 Å². The maximum Gasteiger partial charge on any atom is 0.242 e. The summed E-state index contributed by atoms with van der Waals surface area (Å²) in [5.41, 5.74) is 3.95. The summed E-state index contributed by atoms with van der Waals surface area (Å²) >= 11 is 0. The van der Waals surface area contributed by atoms with Gasteiger partial charge in [-0.25, -0.2) is 0 Å². The lowest BCUT2D eigenvalue weighted by Crippen LogP contribution is -2.36. The number of hydrogen-bond donors (Lipinski definition) is 2. The number of hydrogen-bond acceptors (Lipinski definition) is 3. The van der Waals surface area contributed by atoms with Gasteiger partial charge in [0.25, 0.3) is 0 Å². The Morgan fingerprint density at radius 2 is 2.19 bits per heavy atom. The molecule has 1 amide bonds. The summed E-state index contributed by atoms with van der Waals surface area (Å²) in [6.07, 6.45) is 0.0212. The minimum atomic E-state index is -0.563. The molecule has 0 fully saturated rings. The first-order valence-electron chi connectivity index (χ1n) is 7.11. The molecule has 2 N–H and O–H groups in total. The van der Waals surface area contributed by atoms with E-state index in [9.17, 15) is 9.90 Å². The Morgan fingerprint density at radius 3 is 2.90 bits per heavy atom. The van der Waals surface area contributed by atoms with E-state index in [0.29, 0.717) is 6.42 Å². The molecule has 0 spiro atoms. The molecule has 1 heterocycles. The van der Waals surface area contributed by atoms with E-state index in [-0.39, 0.29) is 18.5 Å². The standard InChI is InChI=1S/C16H19N3O2/c1-10-7-11(2)19(18-10)9-15(21)17-16-13-6-4-3-5-12(13)8-14(16)20/h3-7,14,16,20H,8-9H2,1-2H3,(H,17,21)/t14-,16+/m0/s1. The second kappa shape index (κ2) is 5.33. The second-order valence-corrected chi connectivity index (χ2v) is 5.60. The lowest BCUT2D eigenvalue weighted by Gasteiger charge is -2.18. The number of aliphatic hydroxyl groups excluding tert-OH is 1. The SMILES string of the molecule is Cc1cc(C)n(CC(=O)N[C@@H]2c3ccccc3C[C@@H]2O)n1. The second-order valence-electron chi connectivity index (χ2n) is 5.60. The fraction of sp³-hybridized carbons (Fsp3) is 0.375. The fourth-order valence-electron chi connectivity index (χ4n) is 2.94. The predicted molar refractivity (Wildman–Crippen MR) is 78.7 cm³/mol. The first-order chi connectivity index (χ1) is 10.0. The van der Waals surface area contributed by atoms with Gasteiger partial charge >= 0.3 is 0 Å². The topological polar surface area (TPSA) is 67.2 Å². The van der Waals surface area contributed by atoms with Gasteiger partial charge in [-0.05, 0) is 31.0 Å². The molecule has 21 heavy (non-hydrogen) atoms. The van der Waals surface area contributed by atoms with Gasteiger partial charge in [-0.15, -0.1) is 0 Å². The first-order valence-corrected chi connectivity index (χ1v) is 7.11. The Hall–Kier alpha value is -2.14. The average molecular weight is 285 g/mol. The van der Waals surface area contributed by atoms with Crippen molar-refractivity contribution in [2.75, 3.05) is 0 Å². The zero-order valence-electron chi connectivity index (χ0n) is 12.2. The Kier molecular flexibility index (Phi) is 3.51. The molecule has 3 rings (SSSR count). The van der Waals surface area contributed by atoms with E-state index in [2.05, 4.69) is 10.4 Å². The van der Waals surface area contributed by atoms with Gasteiger partial charge in [-0.1, -0.05) is 24.3 Å². The summed E-state index contributed by atoms with van der Waals surface area (Å²) in [6, 6.07) is 9.44. The normalized spacial score (nSPS) is 20.3. The van der Waals surface area contributed by atoms with Crippen molar-refractivity contribution in [1.82, 2.24) is 15.1 Å². The molecule has 1 aromatic heterocycles. The van der Waals surface area contributed by atoms with Crippen molar-refractivity contribution >= 4 is 5.91 Å². The number of fused-ring (bicyclic) bond motifs is 1. The molecule has 0 aliphatic heterocycles. The molecule has 110 valence electrons. The highest BCUT2D eigenvalue weighted by Gasteiger charge is 2.31. The van der Waals surface area contributed by atoms with Crippen LogP contribution in [0.3, 0.4) is 0 Å². The average Bonchev–Trinajstić information content (AvgIpc) is 2.90. The predicted octanol–water partition coefficient (Wildman–Crippen LogP) is 1.27. The van der Waals surface area contributed by atoms with Crippen LogP contribution < -0.4 is 5.32 Å². The van der Waals surface area contributed by atoms with Crippen molar-refractivity contribution < 1.29 is 9.90 Å². The third-order valence-electron chi connectivity index (χ3n) is 3.92. The van der Waals surface area contributed by atoms with Crippen LogP contribution in [-0.4, -0.2) is 26.9 Å². The van der Waals surface area contributed by atoms with E-state index in [1.807, 2.05) is 44.2 Å². The molecule has 5 nitrogen and oxygen atoms in total. The molecule has 2 aromatic rings. The van der Waals surface area contributed by atoms with E-state index in [4.69, 9.17) is 0 Å². The van der Waals surface area contributed by atoms with Gasteiger partial charge in [-0.3, -0.25) is 9.48 Å². The monoisotopic (exact) mass is 285 g/mol. The number of aromatic nitrogens is 2. The zero-order chi connectivity index (χ0) is 15.0. The maximum atomic E-state index is 12.2. The lowest BCUT2D eigenvalue weighted by molar-refractivity contribution is -0.123. The van der Waals surface area contributed by atoms with E-state index < -0.39 is 6.10 Å². The van der Waals surface area contributed by atoms with Crippen LogP contribution in [0.2, 0.25) is 0 Å². The van der Waals surface area contributed by atoms with Crippen LogP contribution >= 0.6 is 0 Å². The third kappa shape index (κ3) is 2.69. The quantitative estimate of drug-likeness (QED) is 0.892. The number of aryl methyl sites for hydroxylation is 2. The van der Waals surface area contributed by atoms with Crippen LogP contribution in [0, 0.1) is 13.8 Å². The van der Waals surface area contributed by atoms with E-state index >= 15 is 0 Å². The minimum Gasteiger partial charge on any atom is -0.390 e. The van der Waals surface area contributed by atoms with Gasteiger partial charge in [0.1, 0.15) is 6.54 Å². The molecule has 5 heteroatoms. The van der Waals surface area contributed by atoms with Gasteiger partial charge < -0.3 is 10.4 Å². The number of amides is 1. The lowest BCUT2D eigenvalue weighted by atomic mass is 10.1. The van der Waals surface area contributed by atoms with Gasteiger partial charge in [0.2, 0.25) is 5.91 Å². The third-order valence-corrected chi connectivity index (χ3v) is 3.92. The number of rotatable bonds is 3. The summed E-state index contributed by atoms with van der Waals surface area (Å²) in [4.78, 5) is 12.2. The van der Waals surface area contributed by atoms with Crippen molar-refractivity contribution in [1.29, 1.82) is 0 Å². The van der Waals surface area contributed by atoms with E-state index in [1.165, 1.54) is 0 Å². The molecule has 2 atom stereocenters. The Morgan fingerprint density at radius 1 is 1.43 bits per heavy atom. The van der Waals surface area contributed by atoms with Crippen LogP contribution in [0.4, 0.5) is 0 Å². The largest absolute Gasteiger partial charge is 0.390 e. The molecule has 0 bridgehead atoms. The number of carbonyl (C=O) groups is 1. The highest BCUT2D eigenvalue weighted by molar-refractivity contribution is 5.76. The van der Waals surface area contributed by atoms with Gasteiger partial charge in [0.05, 0.1) is 17.8 Å². The number of nitrogens with zero attached hydrogens (tertiary/aromatic N) is 2. The molecular weight excluding hydrogens is 266 g/mol. The van der Waals surface area contributed by atoms with E-state index in [1.54, 1.807) is 4.68 Å². The van der Waals surface area contributed by atoms with Gasteiger partial charge in [0, 0.05) is 12.1 Å². The number of benzene rings is 1. The van der Waals surface area contributed by atoms with E-state index in [0.717, 1.165) is 22.5 Å². The fourth-order valence-corrected chi connectivity index (χ4v) is 2.94. The Balaban J connectivity index is 1.72. The summed E-state index contributed by atoms with van der Waals surface area (Å²) in [5, 5.41) is 17.3. The molecule has 1 aromatic carbocycles. The maximum absolute atomic E-state index is 12.2. The Labute approximate surface area is 123 Å². The molecular formula is C16H19N3O2. The Bertz CT molecular complexity index is 678. The first kappa shape index (κ1) is 13.8. The number of aliphatic hydroxyl groups is 1. The summed E-state index contributed by atoms with van der Waals surface area (Å²) in [5.74, 6) is -0.137. The number of nitrogens with one attached hydrogen (secondary N) is 1. The van der Waals surface area contributed by atoms with Crippen molar-refractivity contribution in [3.05, 3.63) is 52.8 Å². The van der Waals surface area contributed by atoms with Crippen molar-refractivity contribution in [3.63, 3.8) is 0 Å².